The van der Waals surface area contributed by atoms with Crippen LogP contribution in [0.5, 0.6) is 0 Å². The summed E-state index contributed by atoms with van der Waals surface area (Å²) in [6.07, 6.45) is 4.91. The van der Waals surface area contributed by atoms with Crippen molar-refractivity contribution >= 4 is 27.7 Å². The summed E-state index contributed by atoms with van der Waals surface area (Å²) >= 11 is 3.45. The van der Waals surface area contributed by atoms with Crippen LogP contribution in [0.25, 0.3) is 0 Å². The molecule has 0 bridgehead atoms. The van der Waals surface area contributed by atoms with Crippen LogP contribution < -0.4 is 11.1 Å². The van der Waals surface area contributed by atoms with Crippen LogP contribution >= 0.6 is 15.9 Å². The third kappa shape index (κ3) is 2.71. The highest BCUT2D eigenvalue weighted by Gasteiger charge is 2.19. The highest BCUT2D eigenvalue weighted by atomic mass is 79.9. The van der Waals surface area contributed by atoms with E-state index in [9.17, 15) is 0 Å². The SMILES string of the molecule is Nc1ncc(Br)c(NC2CCc3ccccc3C2)n1. The molecule has 0 fully saturated rings. The largest absolute Gasteiger partial charge is 0.368 e. The van der Waals surface area contributed by atoms with Gasteiger partial charge in [-0.25, -0.2) is 4.98 Å². The van der Waals surface area contributed by atoms with Gasteiger partial charge < -0.3 is 11.1 Å². The molecule has 1 aromatic heterocycles. The monoisotopic (exact) mass is 318 g/mol. The normalized spacial score (nSPS) is 17.8. The van der Waals surface area contributed by atoms with E-state index in [4.69, 9.17) is 5.73 Å². The highest BCUT2D eigenvalue weighted by molar-refractivity contribution is 9.10. The Morgan fingerprint density at radius 2 is 2.05 bits per heavy atom. The summed E-state index contributed by atoms with van der Waals surface area (Å²) in [7, 11) is 0. The first-order chi connectivity index (χ1) is 9.22. The first-order valence-electron chi connectivity index (χ1n) is 6.33. The van der Waals surface area contributed by atoms with E-state index in [0.29, 0.717) is 12.0 Å². The van der Waals surface area contributed by atoms with E-state index in [-0.39, 0.29) is 0 Å². The van der Waals surface area contributed by atoms with Crippen molar-refractivity contribution in [1.82, 2.24) is 9.97 Å². The molecule has 5 heteroatoms. The maximum absolute atomic E-state index is 5.63. The van der Waals surface area contributed by atoms with Gasteiger partial charge in [-0.3, -0.25) is 0 Å². The Bertz CT molecular complexity index is 600. The average molecular weight is 319 g/mol. The summed E-state index contributed by atoms with van der Waals surface area (Å²) in [4.78, 5) is 8.18. The summed E-state index contributed by atoms with van der Waals surface area (Å²) in [5.74, 6) is 1.07. The van der Waals surface area contributed by atoms with Crippen LogP contribution in [0.3, 0.4) is 0 Å². The van der Waals surface area contributed by atoms with Crippen LogP contribution in [0.15, 0.2) is 34.9 Å². The van der Waals surface area contributed by atoms with Gasteiger partial charge >= 0.3 is 0 Å². The number of aromatic nitrogens is 2. The predicted molar refractivity (Wildman–Crippen MR) is 80.0 cm³/mol. The van der Waals surface area contributed by atoms with Crippen molar-refractivity contribution in [2.45, 2.75) is 25.3 Å². The van der Waals surface area contributed by atoms with Crippen molar-refractivity contribution in [3.63, 3.8) is 0 Å². The second-order valence-corrected chi connectivity index (χ2v) is 5.63. The zero-order chi connectivity index (χ0) is 13.2. The van der Waals surface area contributed by atoms with Gasteiger partial charge in [0.2, 0.25) is 5.95 Å². The van der Waals surface area contributed by atoms with Crippen LogP contribution in [-0.2, 0) is 12.8 Å². The molecule has 0 saturated carbocycles. The molecule has 0 amide bonds. The zero-order valence-corrected chi connectivity index (χ0v) is 12.0. The van der Waals surface area contributed by atoms with Crippen LogP contribution in [0.1, 0.15) is 17.5 Å². The van der Waals surface area contributed by atoms with Crippen molar-refractivity contribution in [3.05, 3.63) is 46.1 Å². The molecular weight excluding hydrogens is 304 g/mol. The first-order valence-corrected chi connectivity index (χ1v) is 7.13. The molecule has 1 aromatic carbocycles. The number of aryl methyl sites for hydroxylation is 1. The van der Waals surface area contributed by atoms with Crippen LogP contribution in [0.4, 0.5) is 11.8 Å². The van der Waals surface area contributed by atoms with Crippen molar-refractivity contribution in [2.75, 3.05) is 11.1 Å². The number of nitrogens with one attached hydrogen (secondary N) is 1. The maximum atomic E-state index is 5.63. The van der Waals surface area contributed by atoms with Gasteiger partial charge in [-0.05, 0) is 46.3 Å². The molecule has 3 rings (SSSR count). The molecule has 1 atom stereocenters. The lowest BCUT2D eigenvalue weighted by Gasteiger charge is -2.26. The quantitative estimate of drug-likeness (QED) is 0.893. The van der Waals surface area contributed by atoms with Gasteiger partial charge in [-0.2, -0.15) is 4.98 Å². The van der Waals surface area contributed by atoms with Crippen molar-refractivity contribution in [1.29, 1.82) is 0 Å². The molecule has 0 spiro atoms. The first kappa shape index (κ1) is 12.4. The van der Waals surface area contributed by atoms with Gasteiger partial charge in [-0.1, -0.05) is 24.3 Å². The lowest BCUT2D eigenvalue weighted by molar-refractivity contribution is 0.608. The molecule has 0 radical (unpaired) electrons. The highest BCUT2D eigenvalue weighted by Crippen LogP contribution is 2.26. The summed E-state index contributed by atoms with van der Waals surface area (Å²) < 4.78 is 0.848. The summed E-state index contributed by atoms with van der Waals surface area (Å²) in [5, 5.41) is 3.45. The zero-order valence-electron chi connectivity index (χ0n) is 10.4. The minimum Gasteiger partial charge on any atom is -0.368 e. The van der Waals surface area contributed by atoms with E-state index in [1.54, 1.807) is 6.20 Å². The number of nitrogens with zero attached hydrogens (tertiary/aromatic N) is 2. The molecule has 3 N–H and O–H groups in total. The van der Waals surface area contributed by atoms with Crippen LogP contribution in [0.2, 0.25) is 0 Å². The van der Waals surface area contributed by atoms with Crippen LogP contribution in [0, 0.1) is 0 Å². The topological polar surface area (TPSA) is 63.8 Å². The second kappa shape index (κ2) is 5.17. The molecule has 1 aliphatic rings. The lowest BCUT2D eigenvalue weighted by Crippen LogP contribution is -2.28. The van der Waals surface area contributed by atoms with Gasteiger partial charge in [0.25, 0.3) is 0 Å². The fourth-order valence-electron chi connectivity index (χ4n) is 2.50. The van der Waals surface area contributed by atoms with E-state index in [2.05, 4.69) is 55.5 Å². The Balaban J connectivity index is 1.77. The Kier molecular flexibility index (Phi) is 3.38. The van der Waals surface area contributed by atoms with E-state index in [1.165, 1.54) is 11.1 Å². The summed E-state index contributed by atoms with van der Waals surface area (Å²) in [6.45, 7) is 0. The number of rotatable bonds is 2. The number of hydrogen-bond donors (Lipinski definition) is 2. The van der Waals surface area contributed by atoms with Gasteiger partial charge in [0.05, 0.1) is 4.47 Å². The molecule has 1 heterocycles. The Morgan fingerprint density at radius 3 is 2.89 bits per heavy atom. The van der Waals surface area contributed by atoms with Gasteiger partial charge in [0.1, 0.15) is 5.82 Å². The summed E-state index contributed by atoms with van der Waals surface area (Å²) in [5.41, 5.74) is 8.51. The molecule has 98 valence electrons. The molecular formula is C14H15BrN4. The molecule has 19 heavy (non-hydrogen) atoms. The molecule has 1 unspecified atom stereocenters. The molecule has 0 saturated heterocycles. The van der Waals surface area contributed by atoms with Crippen molar-refractivity contribution < 1.29 is 0 Å². The third-order valence-electron chi connectivity index (χ3n) is 3.45. The van der Waals surface area contributed by atoms with E-state index in [0.717, 1.165) is 29.6 Å². The van der Waals surface area contributed by atoms with E-state index < -0.39 is 0 Å². The van der Waals surface area contributed by atoms with Crippen molar-refractivity contribution in [2.24, 2.45) is 0 Å². The smallest absolute Gasteiger partial charge is 0.221 e. The lowest BCUT2D eigenvalue weighted by atomic mass is 9.88. The fraction of sp³-hybridized carbons (Fsp3) is 0.286. The minimum absolute atomic E-state index is 0.293. The van der Waals surface area contributed by atoms with Crippen molar-refractivity contribution in [3.8, 4) is 0 Å². The van der Waals surface area contributed by atoms with Crippen LogP contribution in [-0.4, -0.2) is 16.0 Å². The number of benzene rings is 1. The number of anilines is 2. The summed E-state index contributed by atoms with van der Waals surface area (Å²) in [6, 6.07) is 9.01. The molecule has 2 aromatic rings. The Hall–Kier alpha value is -1.62. The molecule has 1 aliphatic carbocycles. The Labute approximate surface area is 120 Å². The number of nitrogens with two attached hydrogens (primary N) is 1. The third-order valence-corrected chi connectivity index (χ3v) is 4.03. The standard InChI is InChI=1S/C14H15BrN4/c15-12-8-17-14(16)19-13(12)18-11-6-5-9-3-1-2-4-10(9)7-11/h1-4,8,11H,5-7H2,(H3,16,17,18,19). The number of fused-ring (bicyclic) bond motifs is 1. The minimum atomic E-state index is 0.293. The van der Waals surface area contributed by atoms with Gasteiger partial charge in [-0.15, -0.1) is 0 Å². The maximum Gasteiger partial charge on any atom is 0.221 e. The van der Waals surface area contributed by atoms with E-state index in [1.807, 2.05) is 0 Å². The number of hydrogen-bond acceptors (Lipinski definition) is 4. The predicted octanol–water partition coefficient (Wildman–Crippen LogP) is 2.79. The fourth-order valence-corrected chi connectivity index (χ4v) is 2.80. The van der Waals surface area contributed by atoms with E-state index >= 15 is 0 Å². The molecule has 4 nitrogen and oxygen atoms in total. The number of halogens is 1. The molecule has 0 aliphatic heterocycles. The number of nitrogen functional groups attached to an aromatic ring is 1. The van der Waals surface area contributed by atoms with Gasteiger partial charge in [0, 0.05) is 12.2 Å². The van der Waals surface area contributed by atoms with Gasteiger partial charge in [0.15, 0.2) is 0 Å². The second-order valence-electron chi connectivity index (χ2n) is 4.78. The average Bonchev–Trinajstić information content (AvgIpc) is 2.43. The Morgan fingerprint density at radius 1 is 1.26 bits per heavy atom.